The summed E-state index contributed by atoms with van der Waals surface area (Å²) in [6.07, 6.45) is 3.88. The van der Waals surface area contributed by atoms with Crippen LogP contribution < -0.4 is 5.32 Å². The standard InChI is InChI=1S/C19H20Cl2N4O/c1-3-4-9-22-19(26)18-12-16(17-6-5-10-24(17)2)23-25(18)13-7-8-14(20)15(21)11-13/h5-8,10-12H,3-4,9H2,1-2H3,(H,22,26). The number of hydrogen-bond acceptors (Lipinski definition) is 2. The number of aromatic nitrogens is 3. The van der Waals surface area contributed by atoms with Crippen molar-refractivity contribution in [3.05, 3.63) is 58.3 Å². The molecule has 26 heavy (non-hydrogen) atoms. The highest BCUT2D eigenvalue weighted by atomic mass is 35.5. The van der Waals surface area contributed by atoms with Crippen molar-refractivity contribution < 1.29 is 4.79 Å². The fourth-order valence-corrected chi connectivity index (χ4v) is 2.97. The Morgan fingerprint density at radius 1 is 1.19 bits per heavy atom. The Morgan fingerprint density at radius 2 is 2.00 bits per heavy atom. The Hall–Kier alpha value is -2.24. The number of hydrogen-bond donors (Lipinski definition) is 1. The molecule has 0 unspecified atom stereocenters. The molecule has 2 heterocycles. The van der Waals surface area contributed by atoms with Gasteiger partial charge in [-0.15, -0.1) is 0 Å². The molecule has 136 valence electrons. The average molecular weight is 391 g/mol. The fraction of sp³-hybridized carbons (Fsp3) is 0.263. The van der Waals surface area contributed by atoms with Crippen molar-refractivity contribution in [1.82, 2.24) is 19.7 Å². The quantitative estimate of drug-likeness (QED) is 0.619. The van der Waals surface area contributed by atoms with Gasteiger partial charge in [-0.05, 0) is 42.8 Å². The molecule has 3 aromatic rings. The minimum Gasteiger partial charge on any atom is -0.351 e. The molecule has 0 aliphatic carbocycles. The maximum atomic E-state index is 12.7. The molecule has 7 heteroatoms. The van der Waals surface area contributed by atoms with Crippen molar-refractivity contribution in [3.8, 4) is 17.1 Å². The lowest BCUT2D eigenvalue weighted by Gasteiger charge is -2.09. The molecule has 0 saturated carbocycles. The van der Waals surface area contributed by atoms with Gasteiger partial charge < -0.3 is 9.88 Å². The molecule has 0 aliphatic rings. The van der Waals surface area contributed by atoms with Crippen LogP contribution in [0.15, 0.2) is 42.6 Å². The Morgan fingerprint density at radius 3 is 2.65 bits per heavy atom. The number of carbonyl (C=O) groups is 1. The summed E-state index contributed by atoms with van der Waals surface area (Å²) in [7, 11) is 1.94. The minimum atomic E-state index is -0.169. The smallest absolute Gasteiger partial charge is 0.270 e. The monoisotopic (exact) mass is 390 g/mol. The molecule has 2 aromatic heterocycles. The van der Waals surface area contributed by atoms with Gasteiger partial charge in [0.15, 0.2) is 0 Å². The van der Waals surface area contributed by atoms with Gasteiger partial charge in [-0.2, -0.15) is 5.10 Å². The van der Waals surface area contributed by atoms with E-state index >= 15 is 0 Å². The van der Waals surface area contributed by atoms with Crippen LogP contribution in [-0.4, -0.2) is 26.8 Å². The van der Waals surface area contributed by atoms with Gasteiger partial charge in [-0.3, -0.25) is 4.79 Å². The number of nitrogens with zero attached hydrogens (tertiary/aromatic N) is 3. The second kappa shape index (κ2) is 7.98. The van der Waals surface area contributed by atoms with Crippen LogP contribution in [0, 0.1) is 0 Å². The zero-order valence-corrected chi connectivity index (χ0v) is 16.2. The Labute approximate surface area is 162 Å². The molecule has 0 saturated heterocycles. The van der Waals surface area contributed by atoms with Gasteiger partial charge >= 0.3 is 0 Å². The average Bonchev–Trinajstić information content (AvgIpc) is 3.23. The molecule has 0 bridgehead atoms. The maximum absolute atomic E-state index is 12.7. The lowest BCUT2D eigenvalue weighted by molar-refractivity contribution is 0.0945. The van der Waals surface area contributed by atoms with E-state index in [9.17, 15) is 4.79 Å². The molecule has 5 nitrogen and oxygen atoms in total. The van der Waals surface area contributed by atoms with Crippen molar-refractivity contribution in [3.63, 3.8) is 0 Å². The van der Waals surface area contributed by atoms with Crippen molar-refractivity contribution in [2.75, 3.05) is 6.54 Å². The second-order valence-electron chi connectivity index (χ2n) is 6.04. The molecule has 0 fully saturated rings. The highest BCUT2D eigenvalue weighted by Gasteiger charge is 2.19. The summed E-state index contributed by atoms with van der Waals surface area (Å²) in [5.74, 6) is -0.169. The number of nitrogens with one attached hydrogen (secondary N) is 1. The van der Waals surface area contributed by atoms with Crippen LogP contribution >= 0.6 is 23.2 Å². The zero-order chi connectivity index (χ0) is 18.7. The van der Waals surface area contributed by atoms with Crippen LogP contribution in [0.2, 0.25) is 10.0 Å². The number of unbranched alkanes of at least 4 members (excludes halogenated alkanes) is 1. The molecular formula is C19H20Cl2N4O. The third-order valence-electron chi connectivity index (χ3n) is 4.11. The molecule has 1 N–H and O–H groups in total. The van der Waals surface area contributed by atoms with E-state index in [0.717, 1.165) is 18.5 Å². The largest absolute Gasteiger partial charge is 0.351 e. The van der Waals surface area contributed by atoms with E-state index in [1.165, 1.54) is 0 Å². The van der Waals surface area contributed by atoms with Crippen LogP contribution in [0.3, 0.4) is 0 Å². The summed E-state index contributed by atoms with van der Waals surface area (Å²) < 4.78 is 3.56. The third-order valence-corrected chi connectivity index (χ3v) is 4.85. The number of rotatable bonds is 6. The van der Waals surface area contributed by atoms with E-state index in [4.69, 9.17) is 23.2 Å². The van der Waals surface area contributed by atoms with E-state index in [0.29, 0.717) is 33.7 Å². The molecule has 0 radical (unpaired) electrons. The Balaban J connectivity index is 2.05. The van der Waals surface area contributed by atoms with E-state index < -0.39 is 0 Å². The summed E-state index contributed by atoms with van der Waals surface area (Å²) >= 11 is 12.2. The predicted octanol–water partition coefficient (Wildman–Crippen LogP) is 4.71. The number of benzene rings is 1. The first kappa shape index (κ1) is 18.5. The number of aryl methyl sites for hydroxylation is 1. The van der Waals surface area contributed by atoms with Gasteiger partial charge in [0, 0.05) is 19.8 Å². The van der Waals surface area contributed by atoms with Crippen LogP contribution in [0.25, 0.3) is 17.1 Å². The Bertz CT molecular complexity index is 930. The van der Waals surface area contributed by atoms with Gasteiger partial charge in [0.1, 0.15) is 11.4 Å². The van der Waals surface area contributed by atoms with Gasteiger partial charge in [0.05, 0.1) is 21.4 Å². The van der Waals surface area contributed by atoms with Crippen molar-refractivity contribution in [1.29, 1.82) is 0 Å². The van der Waals surface area contributed by atoms with E-state index in [-0.39, 0.29) is 5.91 Å². The van der Waals surface area contributed by atoms with Gasteiger partial charge in [-0.25, -0.2) is 4.68 Å². The molecule has 1 amide bonds. The predicted molar refractivity (Wildman–Crippen MR) is 105 cm³/mol. The topological polar surface area (TPSA) is 51.9 Å². The maximum Gasteiger partial charge on any atom is 0.270 e. The normalized spacial score (nSPS) is 10.9. The van der Waals surface area contributed by atoms with Crippen molar-refractivity contribution in [2.24, 2.45) is 7.05 Å². The summed E-state index contributed by atoms with van der Waals surface area (Å²) in [6.45, 7) is 2.71. The highest BCUT2D eigenvalue weighted by Crippen LogP contribution is 2.27. The number of amides is 1. The van der Waals surface area contributed by atoms with Gasteiger partial charge in [0.2, 0.25) is 0 Å². The summed E-state index contributed by atoms with van der Waals surface area (Å²) in [5.41, 5.74) is 2.77. The first-order valence-corrected chi connectivity index (χ1v) is 9.22. The number of halogens is 2. The highest BCUT2D eigenvalue weighted by molar-refractivity contribution is 6.42. The van der Waals surface area contributed by atoms with Crippen LogP contribution in [0.5, 0.6) is 0 Å². The molecule has 0 atom stereocenters. The lowest BCUT2D eigenvalue weighted by atomic mass is 10.2. The summed E-state index contributed by atoms with van der Waals surface area (Å²) in [4.78, 5) is 12.7. The van der Waals surface area contributed by atoms with E-state index in [1.54, 1.807) is 28.9 Å². The first-order valence-electron chi connectivity index (χ1n) is 8.46. The van der Waals surface area contributed by atoms with Crippen LogP contribution in [-0.2, 0) is 7.05 Å². The summed E-state index contributed by atoms with van der Waals surface area (Å²) in [6, 6.07) is 10.9. The van der Waals surface area contributed by atoms with Gasteiger partial charge in [-0.1, -0.05) is 36.5 Å². The number of carbonyl (C=O) groups excluding carboxylic acids is 1. The SMILES string of the molecule is CCCCNC(=O)c1cc(-c2cccn2C)nn1-c1ccc(Cl)c(Cl)c1. The van der Waals surface area contributed by atoms with Gasteiger partial charge in [0.25, 0.3) is 5.91 Å². The van der Waals surface area contributed by atoms with Crippen LogP contribution in [0.4, 0.5) is 0 Å². The van der Waals surface area contributed by atoms with E-state index in [2.05, 4.69) is 17.3 Å². The van der Waals surface area contributed by atoms with Crippen molar-refractivity contribution in [2.45, 2.75) is 19.8 Å². The van der Waals surface area contributed by atoms with Crippen molar-refractivity contribution >= 4 is 29.1 Å². The fourth-order valence-electron chi connectivity index (χ4n) is 2.68. The molecule has 1 aromatic carbocycles. The Kier molecular flexibility index (Phi) is 5.69. The zero-order valence-electron chi connectivity index (χ0n) is 14.7. The van der Waals surface area contributed by atoms with E-state index in [1.807, 2.05) is 29.9 Å². The molecule has 3 rings (SSSR count). The second-order valence-corrected chi connectivity index (χ2v) is 6.85. The molecule has 0 spiro atoms. The first-order chi connectivity index (χ1) is 12.5. The van der Waals surface area contributed by atoms with Crippen LogP contribution in [0.1, 0.15) is 30.3 Å². The lowest BCUT2D eigenvalue weighted by Crippen LogP contribution is -2.26. The summed E-state index contributed by atoms with van der Waals surface area (Å²) in [5, 5.41) is 8.45. The minimum absolute atomic E-state index is 0.169. The third kappa shape index (κ3) is 3.79. The molecular weight excluding hydrogens is 371 g/mol. The molecule has 0 aliphatic heterocycles.